The molecule has 1 aliphatic heterocycles. The van der Waals surface area contributed by atoms with E-state index in [9.17, 15) is 4.79 Å². The van der Waals surface area contributed by atoms with Crippen molar-refractivity contribution in [2.75, 3.05) is 4.90 Å². The molecule has 4 aromatic carbocycles. The number of hydrogen-bond acceptors (Lipinski definition) is 2. The molecule has 0 bridgehead atoms. The normalized spacial score (nSPS) is 17.4. The monoisotopic (exact) mass is 435 g/mol. The summed E-state index contributed by atoms with van der Waals surface area (Å²) in [5.41, 5.74) is 5.69. The lowest BCUT2D eigenvalue weighted by molar-refractivity contribution is -0.120. The number of rotatable bonds is 7. The highest BCUT2D eigenvalue weighted by Gasteiger charge is 2.51. The summed E-state index contributed by atoms with van der Waals surface area (Å²) in [6.45, 7) is 0.582. The third kappa shape index (κ3) is 3.96. The van der Waals surface area contributed by atoms with E-state index >= 15 is 0 Å². The molecule has 0 radical (unpaired) electrons. The van der Waals surface area contributed by atoms with E-state index in [0.717, 1.165) is 22.6 Å². The van der Waals surface area contributed by atoms with Crippen LogP contribution in [-0.4, -0.2) is 5.91 Å². The fourth-order valence-corrected chi connectivity index (χ4v) is 5.88. The summed E-state index contributed by atoms with van der Waals surface area (Å²) in [4.78, 5) is 16.2. The van der Waals surface area contributed by atoms with Gasteiger partial charge in [0.1, 0.15) is 4.75 Å². The highest BCUT2D eigenvalue weighted by Crippen LogP contribution is 2.52. The number of thioether (sulfide) groups is 1. The SMILES string of the molecule is O=C1N(Cc2ccccc2)c2ccccc2[C@]1(Cc1ccccc1)SCc1ccccc1. The largest absolute Gasteiger partial charge is 0.306 e. The van der Waals surface area contributed by atoms with Crippen molar-refractivity contribution in [3.8, 4) is 0 Å². The predicted octanol–water partition coefficient (Wildman–Crippen LogP) is 6.60. The Balaban J connectivity index is 1.57. The Hall–Kier alpha value is -3.30. The molecule has 2 nitrogen and oxygen atoms in total. The van der Waals surface area contributed by atoms with Crippen LogP contribution in [0.25, 0.3) is 0 Å². The summed E-state index contributed by atoms with van der Waals surface area (Å²) in [6, 6.07) is 39.4. The Morgan fingerprint density at radius 1 is 0.625 bits per heavy atom. The van der Waals surface area contributed by atoms with Gasteiger partial charge in [0.25, 0.3) is 0 Å². The second-order valence-electron chi connectivity index (χ2n) is 8.16. The molecule has 158 valence electrons. The van der Waals surface area contributed by atoms with Gasteiger partial charge in [-0.05, 0) is 22.8 Å². The Bertz CT molecular complexity index is 1190. The number of carbonyl (C=O) groups excluding carboxylic acids is 1. The average Bonchev–Trinajstić information content (AvgIpc) is 3.08. The van der Waals surface area contributed by atoms with Crippen LogP contribution in [0, 0.1) is 0 Å². The number of amides is 1. The molecule has 0 saturated carbocycles. The molecule has 5 rings (SSSR count). The Labute approximate surface area is 193 Å². The summed E-state index contributed by atoms with van der Waals surface area (Å²) < 4.78 is -0.650. The van der Waals surface area contributed by atoms with E-state index < -0.39 is 4.75 Å². The smallest absolute Gasteiger partial charge is 0.248 e. The van der Waals surface area contributed by atoms with Gasteiger partial charge in [0.2, 0.25) is 5.91 Å². The first-order valence-electron chi connectivity index (χ1n) is 10.9. The first kappa shape index (κ1) is 20.6. The lowest BCUT2D eigenvalue weighted by Gasteiger charge is -2.29. The fourth-order valence-electron chi connectivity index (χ4n) is 4.44. The zero-order valence-corrected chi connectivity index (χ0v) is 18.7. The van der Waals surface area contributed by atoms with Crippen LogP contribution in [-0.2, 0) is 28.3 Å². The maximum atomic E-state index is 14.2. The summed E-state index contributed by atoms with van der Waals surface area (Å²) in [7, 11) is 0. The molecule has 1 amide bonds. The van der Waals surface area contributed by atoms with E-state index in [2.05, 4.69) is 78.9 Å². The van der Waals surface area contributed by atoms with Gasteiger partial charge in [0, 0.05) is 23.4 Å². The minimum atomic E-state index is -0.650. The maximum absolute atomic E-state index is 14.2. The second kappa shape index (κ2) is 9.05. The van der Waals surface area contributed by atoms with E-state index in [1.54, 1.807) is 11.8 Å². The Morgan fingerprint density at radius 2 is 1.16 bits per heavy atom. The molecule has 1 aliphatic rings. The van der Waals surface area contributed by atoms with Gasteiger partial charge in [-0.2, -0.15) is 0 Å². The number of carbonyl (C=O) groups is 1. The van der Waals surface area contributed by atoms with Crippen LogP contribution in [0.2, 0.25) is 0 Å². The molecule has 0 spiro atoms. The predicted molar refractivity (Wildman–Crippen MR) is 134 cm³/mol. The van der Waals surface area contributed by atoms with Gasteiger partial charge in [-0.25, -0.2) is 0 Å². The number of fused-ring (bicyclic) bond motifs is 1. The highest BCUT2D eigenvalue weighted by molar-refractivity contribution is 8.00. The number of benzene rings is 4. The Kier molecular flexibility index (Phi) is 5.83. The van der Waals surface area contributed by atoms with Crippen molar-refractivity contribution in [1.82, 2.24) is 0 Å². The number of nitrogens with zero attached hydrogens (tertiary/aromatic N) is 1. The van der Waals surface area contributed by atoms with Gasteiger partial charge in [0.15, 0.2) is 0 Å². The molecule has 1 heterocycles. The summed E-state index contributed by atoms with van der Waals surface area (Å²) in [6.07, 6.45) is 0.673. The van der Waals surface area contributed by atoms with Crippen LogP contribution >= 0.6 is 11.8 Å². The Morgan fingerprint density at radius 3 is 1.81 bits per heavy atom. The molecular formula is C29H25NOS. The lowest BCUT2D eigenvalue weighted by Crippen LogP contribution is -2.39. The molecule has 0 N–H and O–H groups in total. The molecule has 32 heavy (non-hydrogen) atoms. The minimum Gasteiger partial charge on any atom is -0.306 e. The molecule has 0 fully saturated rings. The zero-order chi connectivity index (χ0) is 21.8. The molecule has 0 saturated heterocycles. The third-order valence-electron chi connectivity index (χ3n) is 6.03. The van der Waals surface area contributed by atoms with Crippen molar-refractivity contribution < 1.29 is 4.79 Å². The summed E-state index contributed by atoms with van der Waals surface area (Å²) in [5.74, 6) is 0.958. The van der Waals surface area contributed by atoms with Crippen molar-refractivity contribution in [3.05, 3.63) is 138 Å². The lowest BCUT2D eigenvalue weighted by atomic mass is 9.92. The van der Waals surface area contributed by atoms with Gasteiger partial charge < -0.3 is 4.90 Å². The van der Waals surface area contributed by atoms with Gasteiger partial charge in [-0.15, -0.1) is 11.8 Å². The van der Waals surface area contributed by atoms with Crippen LogP contribution in [0.15, 0.2) is 115 Å². The zero-order valence-electron chi connectivity index (χ0n) is 17.9. The molecule has 3 heteroatoms. The molecule has 0 unspecified atom stereocenters. The second-order valence-corrected chi connectivity index (χ2v) is 9.43. The standard InChI is InChI=1S/C29H25NOS/c31-28-29(20-23-12-4-1-5-13-23,32-22-25-16-8-3-9-17-25)26-18-10-11-19-27(26)30(28)21-24-14-6-2-7-15-24/h1-19H,20-22H2/t29-/m0/s1. The fraction of sp³-hybridized carbons (Fsp3) is 0.138. The van der Waals surface area contributed by atoms with E-state index in [1.807, 2.05) is 41.3 Å². The van der Waals surface area contributed by atoms with Crippen LogP contribution in [0.3, 0.4) is 0 Å². The van der Waals surface area contributed by atoms with Crippen molar-refractivity contribution in [3.63, 3.8) is 0 Å². The molecule has 1 atom stereocenters. The number of para-hydroxylation sites is 1. The van der Waals surface area contributed by atoms with Gasteiger partial charge in [-0.1, -0.05) is 109 Å². The minimum absolute atomic E-state index is 0.173. The van der Waals surface area contributed by atoms with E-state index in [0.29, 0.717) is 13.0 Å². The average molecular weight is 436 g/mol. The first-order valence-corrected chi connectivity index (χ1v) is 11.9. The first-order chi connectivity index (χ1) is 15.8. The van der Waals surface area contributed by atoms with E-state index in [1.165, 1.54) is 11.1 Å². The topological polar surface area (TPSA) is 20.3 Å². The van der Waals surface area contributed by atoms with Crippen LogP contribution in [0.1, 0.15) is 22.3 Å². The third-order valence-corrected chi connectivity index (χ3v) is 7.54. The molecule has 0 aliphatic carbocycles. The van der Waals surface area contributed by atoms with Crippen molar-refractivity contribution in [1.29, 1.82) is 0 Å². The van der Waals surface area contributed by atoms with Gasteiger partial charge >= 0.3 is 0 Å². The molecular weight excluding hydrogens is 410 g/mol. The van der Waals surface area contributed by atoms with Crippen molar-refractivity contribution in [2.45, 2.75) is 23.5 Å². The summed E-state index contributed by atoms with van der Waals surface area (Å²) >= 11 is 1.75. The number of anilines is 1. The van der Waals surface area contributed by atoms with Crippen molar-refractivity contribution >= 4 is 23.4 Å². The molecule has 4 aromatic rings. The van der Waals surface area contributed by atoms with Gasteiger partial charge in [-0.3, -0.25) is 4.79 Å². The van der Waals surface area contributed by atoms with Crippen LogP contribution in [0.5, 0.6) is 0 Å². The van der Waals surface area contributed by atoms with Gasteiger partial charge in [0.05, 0.1) is 6.54 Å². The van der Waals surface area contributed by atoms with Crippen LogP contribution in [0.4, 0.5) is 5.69 Å². The van der Waals surface area contributed by atoms with E-state index in [4.69, 9.17) is 0 Å². The quantitative estimate of drug-likeness (QED) is 0.326. The van der Waals surface area contributed by atoms with E-state index in [-0.39, 0.29) is 5.91 Å². The molecule has 0 aromatic heterocycles. The highest BCUT2D eigenvalue weighted by atomic mass is 32.2. The number of hydrogen-bond donors (Lipinski definition) is 0. The maximum Gasteiger partial charge on any atom is 0.248 e. The summed E-state index contributed by atoms with van der Waals surface area (Å²) in [5, 5.41) is 0. The van der Waals surface area contributed by atoms with Crippen LogP contribution < -0.4 is 4.90 Å². The van der Waals surface area contributed by atoms with Crippen molar-refractivity contribution in [2.24, 2.45) is 0 Å².